The number of carbonyl (C=O) groups is 3. The minimum absolute atomic E-state index is 0.0425. The van der Waals surface area contributed by atoms with E-state index in [9.17, 15) is 14.4 Å². The van der Waals surface area contributed by atoms with Crippen LogP contribution in [0.15, 0.2) is 30.4 Å². The third kappa shape index (κ3) is 5.19. The number of benzene rings is 1. The van der Waals surface area contributed by atoms with E-state index in [1.807, 2.05) is 39.0 Å². The van der Waals surface area contributed by atoms with Crippen LogP contribution in [-0.4, -0.2) is 65.7 Å². The lowest BCUT2D eigenvalue weighted by atomic mass is 9.73. The van der Waals surface area contributed by atoms with Gasteiger partial charge in [0.05, 0.1) is 24.0 Å². The minimum atomic E-state index is -1.18. The van der Waals surface area contributed by atoms with Crippen LogP contribution in [0.5, 0.6) is 0 Å². The highest BCUT2D eigenvalue weighted by molar-refractivity contribution is 6.31. The molecule has 3 fully saturated rings. The molecule has 1 spiro atoms. The standard InChI is InChI=1S/C31H42ClN3O5/c1-17(2)39-15-7-14-35-27(29(37)34-23-9-6-8-18(3)20(23)5)31-13-12-24(40-31)25(26(31)30(35)38)28(36)33-21-11-10-19(4)22(32)16-21/h10-13,16-18,20,23-27H,6-9,14-15H2,1-5H3,(H,33,36)(H,34,37)/t18-,20+,23+,24-,25+,26-,27-,31-/m0/s1. The molecule has 2 N–H and O–H groups in total. The molecular formula is C31H42ClN3O5. The van der Waals surface area contributed by atoms with Gasteiger partial charge in [-0.25, -0.2) is 0 Å². The molecule has 2 saturated heterocycles. The van der Waals surface area contributed by atoms with E-state index in [-0.39, 0.29) is 29.9 Å². The first-order valence-corrected chi connectivity index (χ1v) is 15.1. The van der Waals surface area contributed by atoms with Crippen LogP contribution in [0.3, 0.4) is 0 Å². The van der Waals surface area contributed by atoms with Gasteiger partial charge in [0.2, 0.25) is 17.7 Å². The average Bonchev–Trinajstić information content (AvgIpc) is 3.54. The highest BCUT2D eigenvalue weighted by atomic mass is 35.5. The molecular weight excluding hydrogens is 530 g/mol. The number of halogens is 1. The van der Waals surface area contributed by atoms with Crippen LogP contribution in [-0.2, 0) is 23.9 Å². The maximum Gasteiger partial charge on any atom is 0.246 e. The fourth-order valence-electron chi connectivity index (χ4n) is 7.01. The molecule has 2 bridgehead atoms. The molecule has 0 unspecified atom stereocenters. The van der Waals surface area contributed by atoms with E-state index in [4.69, 9.17) is 21.1 Å². The quantitative estimate of drug-likeness (QED) is 0.336. The smallest absolute Gasteiger partial charge is 0.246 e. The molecule has 8 nitrogen and oxygen atoms in total. The number of likely N-dealkylation sites (tertiary alicyclic amines) is 1. The second kappa shape index (κ2) is 11.5. The first-order chi connectivity index (χ1) is 19.0. The monoisotopic (exact) mass is 571 g/mol. The summed E-state index contributed by atoms with van der Waals surface area (Å²) >= 11 is 6.28. The molecule has 1 aliphatic carbocycles. The van der Waals surface area contributed by atoms with Crippen LogP contribution in [0, 0.1) is 30.6 Å². The number of hydrogen-bond acceptors (Lipinski definition) is 5. The first-order valence-electron chi connectivity index (χ1n) is 14.7. The predicted molar refractivity (Wildman–Crippen MR) is 154 cm³/mol. The summed E-state index contributed by atoms with van der Waals surface area (Å²) in [5.74, 6) is -1.42. The molecule has 0 aromatic heterocycles. The fourth-order valence-corrected chi connectivity index (χ4v) is 7.19. The number of rotatable bonds is 9. The van der Waals surface area contributed by atoms with E-state index in [1.165, 1.54) is 0 Å². The number of nitrogens with zero attached hydrogens (tertiary/aromatic N) is 1. The van der Waals surface area contributed by atoms with Crippen molar-refractivity contribution in [1.82, 2.24) is 10.2 Å². The Balaban J connectivity index is 1.41. The van der Waals surface area contributed by atoms with Crippen molar-refractivity contribution in [2.45, 2.75) is 90.2 Å². The van der Waals surface area contributed by atoms with Crippen molar-refractivity contribution in [3.63, 3.8) is 0 Å². The third-order valence-corrected chi connectivity index (χ3v) is 9.80. The molecule has 9 heteroatoms. The largest absolute Gasteiger partial charge is 0.379 e. The molecule has 5 rings (SSSR count). The van der Waals surface area contributed by atoms with Gasteiger partial charge in [0.1, 0.15) is 11.6 Å². The van der Waals surface area contributed by atoms with Crippen molar-refractivity contribution in [2.75, 3.05) is 18.5 Å². The summed E-state index contributed by atoms with van der Waals surface area (Å²) in [7, 11) is 0. The Morgan fingerprint density at radius 2 is 2.00 bits per heavy atom. The Bertz CT molecular complexity index is 1190. The fraction of sp³-hybridized carbons (Fsp3) is 0.645. The number of aryl methyl sites for hydroxylation is 1. The van der Waals surface area contributed by atoms with Crippen molar-refractivity contribution in [3.8, 4) is 0 Å². The Morgan fingerprint density at radius 3 is 2.73 bits per heavy atom. The number of fused-ring (bicyclic) bond motifs is 1. The number of anilines is 1. The predicted octanol–water partition coefficient (Wildman–Crippen LogP) is 4.49. The van der Waals surface area contributed by atoms with Crippen LogP contribution < -0.4 is 10.6 Å². The van der Waals surface area contributed by atoms with Crippen molar-refractivity contribution in [3.05, 3.63) is 40.9 Å². The van der Waals surface area contributed by atoms with Gasteiger partial charge in [-0.15, -0.1) is 0 Å². The SMILES string of the molecule is Cc1ccc(NC(=O)[C@@H]2[C@@H]3C=C[C@]4(O3)[C@@H]2C(=O)N(CCCOC(C)C)[C@H]4C(=O)N[C@@H]2CCC[C@H](C)[C@H]2C)cc1Cl. The second-order valence-electron chi connectivity index (χ2n) is 12.3. The van der Waals surface area contributed by atoms with E-state index in [0.29, 0.717) is 42.1 Å². The van der Waals surface area contributed by atoms with Crippen molar-refractivity contribution in [1.29, 1.82) is 0 Å². The summed E-state index contributed by atoms with van der Waals surface area (Å²) in [4.78, 5) is 43.4. The Morgan fingerprint density at radius 1 is 1.23 bits per heavy atom. The van der Waals surface area contributed by atoms with Crippen LogP contribution in [0.2, 0.25) is 5.02 Å². The number of hydrogen-bond donors (Lipinski definition) is 2. The van der Waals surface area contributed by atoms with Gasteiger partial charge >= 0.3 is 0 Å². The van der Waals surface area contributed by atoms with Gasteiger partial charge in [0.25, 0.3) is 0 Å². The van der Waals surface area contributed by atoms with Gasteiger partial charge in [0, 0.05) is 29.9 Å². The van der Waals surface area contributed by atoms with Crippen LogP contribution in [0.4, 0.5) is 5.69 Å². The third-order valence-electron chi connectivity index (χ3n) is 9.39. The summed E-state index contributed by atoms with van der Waals surface area (Å²) in [5.41, 5.74) is 0.286. The summed E-state index contributed by atoms with van der Waals surface area (Å²) in [6.45, 7) is 11.1. The van der Waals surface area contributed by atoms with Crippen LogP contribution >= 0.6 is 11.6 Å². The molecule has 1 aromatic carbocycles. The van der Waals surface area contributed by atoms with Crippen molar-refractivity contribution < 1.29 is 23.9 Å². The molecule has 1 aromatic rings. The van der Waals surface area contributed by atoms with Gasteiger partial charge < -0.3 is 25.0 Å². The lowest BCUT2D eigenvalue weighted by molar-refractivity contribution is -0.142. The van der Waals surface area contributed by atoms with E-state index in [1.54, 1.807) is 17.0 Å². The highest BCUT2D eigenvalue weighted by Crippen LogP contribution is 2.55. The number of amides is 3. The molecule has 1 saturated carbocycles. The Kier molecular flexibility index (Phi) is 8.33. The average molecular weight is 572 g/mol. The Labute approximate surface area is 242 Å². The van der Waals surface area contributed by atoms with Crippen molar-refractivity contribution in [2.24, 2.45) is 23.7 Å². The van der Waals surface area contributed by atoms with Gasteiger partial charge in [-0.3, -0.25) is 14.4 Å². The van der Waals surface area contributed by atoms with E-state index < -0.39 is 29.6 Å². The summed E-state index contributed by atoms with van der Waals surface area (Å²) < 4.78 is 12.2. The van der Waals surface area contributed by atoms with Crippen LogP contribution in [0.25, 0.3) is 0 Å². The maximum atomic E-state index is 14.1. The lowest BCUT2D eigenvalue weighted by Gasteiger charge is -2.38. The first kappa shape index (κ1) is 29.1. The Hall–Kier alpha value is -2.42. The molecule has 8 atom stereocenters. The lowest BCUT2D eigenvalue weighted by Crippen LogP contribution is -2.58. The zero-order valence-corrected chi connectivity index (χ0v) is 24.9. The highest BCUT2D eigenvalue weighted by Gasteiger charge is 2.72. The molecule has 3 heterocycles. The summed E-state index contributed by atoms with van der Waals surface area (Å²) in [6, 6.07) is 4.53. The normalized spacial score (nSPS) is 34.4. The second-order valence-corrected chi connectivity index (χ2v) is 12.7. The topological polar surface area (TPSA) is 97.0 Å². The van der Waals surface area contributed by atoms with E-state index in [2.05, 4.69) is 24.5 Å². The number of ether oxygens (including phenoxy) is 2. The number of carbonyl (C=O) groups excluding carboxylic acids is 3. The van der Waals surface area contributed by atoms with E-state index in [0.717, 1.165) is 24.8 Å². The van der Waals surface area contributed by atoms with Crippen LogP contribution in [0.1, 0.15) is 58.9 Å². The van der Waals surface area contributed by atoms with Gasteiger partial charge in [-0.05, 0) is 63.1 Å². The minimum Gasteiger partial charge on any atom is -0.379 e. The molecule has 4 aliphatic rings. The van der Waals surface area contributed by atoms with Gasteiger partial charge in [-0.1, -0.05) is 56.5 Å². The number of nitrogens with one attached hydrogen (secondary N) is 2. The maximum absolute atomic E-state index is 14.1. The van der Waals surface area contributed by atoms with E-state index >= 15 is 0 Å². The molecule has 0 radical (unpaired) electrons. The van der Waals surface area contributed by atoms with Gasteiger partial charge in [-0.2, -0.15) is 0 Å². The molecule has 218 valence electrons. The summed E-state index contributed by atoms with van der Waals surface area (Å²) in [5, 5.41) is 6.78. The molecule has 3 amide bonds. The zero-order chi connectivity index (χ0) is 28.8. The molecule has 3 aliphatic heterocycles. The summed E-state index contributed by atoms with van der Waals surface area (Å²) in [6.07, 6.45) is 6.91. The van der Waals surface area contributed by atoms with Crippen molar-refractivity contribution >= 4 is 35.0 Å². The molecule has 40 heavy (non-hydrogen) atoms. The van der Waals surface area contributed by atoms with Gasteiger partial charge in [0.15, 0.2) is 0 Å². The zero-order valence-electron chi connectivity index (χ0n) is 24.1.